The number of aromatic nitrogens is 1. The number of piperidine rings is 1. The van der Waals surface area contributed by atoms with E-state index < -0.39 is 5.97 Å². The number of rotatable bonds is 2. The molecule has 1 aromatic rings. The molecule has 0 bridgehead atoms. The van der Waals surface area contributed by atoms with Gasteiger partial charge in [-0.15, -0.1) is 0 Å². The summed E-state index contributed by atoms with van der Waals surface area (Å²) in [6.07, 6.45) is 0.956. The molecule has 1 aromatic heterocycles. The third kappa shape index (κ3) is 2.81. The molecule has 1 aliphatic heterocycles. The molecule has 0 aliphatic carbocycles. The van der Waals surface area contributed by atoms with Gasteiger partial charge in [-0.2, -0.15) is 0 Å². The van der Waals surface area contributed by atoms with Gasteiger partial charge in [0.25, 0.3) is 5.91 Å². The number of likely N-dealkylation sites (tertiary alicyclic amines) is 1. The molecule has 1 fully saturated rings. The van der Waals surface area contributed by atoms with E-state index in [1.807, 2.05) is 0 Å². The number of aromatic carboxylic acids is 1. The van der Waals surface area contributed by atoms with Gasteiger partial charge in [-0.25, -0.2) is 9.78 Å². The van der Waals surface area contributed by atoms with Crippen molar-refractivity contribution < 1.29 is 14.7 Å². The summed E-state index contributed by atoms with van der Waals surface area (Å²) in [5, 5.41) is 8.93. The Hall–Kier alpha value is -1.91. The predicted octanol–water partition coefficient (Wildman–Crippen LogP) is 2.29. The summed E-state index contributed by atoms with van der Waals surface area (Å²) in [6, 6.07) is 4.52. The molecule has 2 rings (SSSR count). The van der Waals surface area contributed by atoms with Gasteiger partial charge in [-0.3, -0.25) is 4.79 Å². The molecule has 5 nitrogen and oxygen atoms in total. The summed E-state index contributed by atoms with van der Waals surface area (Å²) in [5.74, 6) is -0.745. The lowest BCUT2D eigenvalue weighted by molar-refractivity contribution is 0.0422. The van der Waals surface area contributed by atoms with E-state index in [9.17, 15) is 9.59 Å². The topological polar surface area (TPSA) is 70.5 Å². The Bertz CT molecular complexity index is 540. The van der Waals surface area contributed by atoms with Gasteiger partial charge in [0, 0.05) is 13.1 Å². The molecule has 1 unspecified atom stereocenters. The standard InChI is InChI=1S/C15H20N2O3/c1-10-7-8-17(9-15(10,2)3)13(18)11-5-4-6-12(16-11)14(19)20/h4-6,10H,7-9H2,1-3H3,(H,19,20). The van der Waals surface area contributed by atoms with Crippen LogP contribution in [-0.2, 0) is 0 Å². The van der Waals surface area contributed by atoms with Gasteiger partial charge >= 0.3 is 5.97 Å². The highest BCUT2D eigenvalue weighted by atomic mass is 16.4. The monoisotopic (exact) mass is 276 g/mol. The summed E-state index contributed by atoms with van der Waals surface area (Å²) >= 11 is 0. The zero-order valence-electron chi connectivity index (χ0n) is 12.1. The number of amides is 1. The molecular formula is C15H20N2O3. The highest BCUT2D eigenvalue weighted by Crippen LogP contribution is 2.34. The first-order valence-corrected chi connectivity index (χ1v) is 6.81. The van der Waals surface area contributed by atoms with E-state index in [2.05, 4.69) is 25.8 Å². The number of hydrogen-bond donors (Lipinski definition) is 1. The molecule has 0 radical (unpaired) electrons. The molecule has 1 aliphatic rings. The third-order valence-electron chi connectivity index (χ3n) is 4.24. The fourth-order valence-electron chi connectivity index (χ4n) is 2.48. The maximum atomic E-state index is 12.4. The van der Waals surface area contributed by atoms with Crippen LogP contribution in [0, 0.1) is 11.3 Å². The minimum Gasteiger partial charge on any atom is -0.477 e. The molecule has 2 heterocycles. The molecule has 1 atom stereocenters. The van der Waals surface area contributed by atoms with Crippen molar-refractivity contribution in [2.45, 2.75) is 27.2 Å². The maximum Gasteiger partial charge on any atom is 0.354 e. The predicted molar refractivity (Wildman–Crippen MR) is 74.7 cm³/mol. The average molecular weight is 276 g/mol. The van der Waals surface area contributed by atoms with E-state index in [1.165, 1.54) is 6.07 Å². The smallest absolute Gasteiger partial charge is 0.354 e. The molecule has 0 aromatic carbocycles. The normalized spacial score (nSPS) is 21.6. The van der Waals surface area contributed by atoms with E-state index in [0.29, 0.717) is 19.0 Å². The van der Waals surface area contributed by atoms with Gasteiger partial charge in [0.1, 0.15) is 11.4 Å². The lowest BCUT2D eigenvalue weighted by atomic mass is 9.75. The van der Waals surface area contributed by atoms with Crippen LogP contribution in [0.4, 0.5) is 0 Å². The fourth-order valence-corrected chi connectivity index (χ4v) is 2.48. The van der Waals surface area contributed by atoms with E-state index in [0.717, 1.165) is 6.42 Å². The molecule has 0 saturated carbocycles. The van der Waals surface area contributed by atoms with Crippen LogP contribution < -0.4 is 0 Å². The largest absolute Gasteiger partial charge is 0.477 e. The second kappa shape index (κ2) is 5.23. The molecule has 20 heavy (non-hydrogen) atoms. The Labute approximate surface area is 118 Å². The lowest BCUT2D eigenvalue weighted by Gasteiger charge is -2.42. The summed E-state index contributed by atoms with van der Waals surface area (Å²) in [7, 11) is 0. The zero-order valence-corrected chi connectivity index (χ0v) is 12.1. The second-order valence-electron chi connectivity index (χ2n) is 6.12. The molecule has 1 N–H and O–H groups in total. The average Bonchev–Trinajstić information content (AvgIpc) is 2.41. The number of carboxylic acids is 1. The third-order valence-corrected chi connectivity index (χ3v) is 4.24. The van der Waals surface area contributed by atoms with Gasteiger partial charge in [0.05, 0.1) is 0 Å². The SMILES string of the molecule is CC1CCN(C(=O)c2cccc(C(=O)O)n2)CC1(C)C. The first-order valence-electron chi connectivity index (χ1n) is 6.81. The number of pyridine rings is 1. The van der Waals surface area contributed by atoms with Crippen LogP contribution in [-0.4, -0.2) is 40.0 Å². The summed E-state index contributed by atoms with van der Waals surface area (Å²) in [4.78, 5) is 29.0. The highest BCUT2D eigenvalue weighted by molar-refractivity contribution is 5.94. The number of carbonyl (C=O) groups is 2. The Morgan fingerprint density at radius 1 is 1.35 bits per heavy atom. The number of carboxylic acid groups (broad SMARTS) is 1. The maximum absolute atomic E-state index is 12.4. The van der Waals surface area contributed by atoms with E-state index in [-0.39, 0.29) is 22.7 Å². The Morgan fingerprint density at radius 3 is 2.60 bits per heavy atom. The molecule has 0 spiro atoms. The minimum absolute atomic E-state index is 0.0678. The van der Waals surface area contributed by atoms with Crippen molar-refractivity contribution in [3.05, 3.63) is 29.6 Å². The van der Waals surface area contributed by atoms with Gasteiger partial charge in [0.2, 0.25) is 0 Å². The lowest BCUT2D eigenvalue weighted by Crippen LogP contribution is -2.47. The Kier molecular flexibility index (Phi) is 3.79. The Balaban J connectivity index is 2.20. The van der Waals surface area contributed by atoms with Crippen LogP contribution in [0.1, 0.15) is 48.2 Å². The first-order chi connectivity index (χ1) is 9.31. The van der Waals surface area contributed by atoms with Crippen molar-refractivity contribution in [3.63, 3.8) is 0 Å². The molecule has 1 saturated heterocycles. The van der Waals surface area contributed by atoms with Crippen LogP contribution in [0.15, 0.2) is 18.2 Å². The van der Waals surface area contributed by atoms with Crippen molar-refractivity contribution in [3.8, 4) is 0 Å². The quantitative estimate of drug-likeness (QED) is 0.899. The summed E-state index contributed by atoms with van der Waals surface area (Å²) < 4.78 is 0. The van der Waals surface area contributed by atoms with Gasteiger partial charge in [-0.05, 0) is 29.9 Å². The number of nitrogens with zero attached hydrogens (tertiary/aromatic N) is 2. The molecule has 5 heteroatoms. The number of carbonyl (C=O) groups excluding carboxylic acids is 1. The van der Waals surface area contributed by atoms with E-state index >= 15 is 0 Å². The fraction of sp³-hybridized carbons (Fsp3) is 0.533. The van der Waals surface area contributed by atoms with Crippen LogP contribution >= 0.6 is 0 Å². The van der Waals surface area contributed by atoms with Crippen LogP contribution in [0.5, 0.6) is 0 Å². The van der Waals surface area contributed by atoms with Gasteiger partial charge in [0.15, 0.2) is 0 Å². The van der Waals surface area contributed by atoms with E-state index in [4.69, 9.17) is 5.11 Å². The first kappa shape index (κ1) is 14.5. The van der Waals surface area contributed by atoms with Crippen molar-refractivity contribution in [2.75, 3.05) is 13.1 Å². The van der Waals surface area contributed by atoms with Crippen molar-refractivity contribution in [2.24, 2.45) is 11.3 Å². The summed E-state index contributed by atoms with van der Waals surface area (Å²) in [6.45, 7) is 7.87. The van der Waals surface area contributed by atoms with Crippen LogP contribution in [0.2, 0.25) is 0 Å². The molecular weight excluding hydrogens is 256 g/mol. The van der Waals surface area contributed by atoms with Crippen LogP contribution in [0.25, 0.3) is 0 Å². The van der Waals surface area contributed by atoms with Crippen molar-refractivity contribution in [1.29, 1.82) is 0 Å². The highest BCUT2D eigenvalue weighted by Gasteiger charge is 2.35. The zero-order chi connectivity index (χ0) is 14.9. The second-order valence-corrected chi connectivity index (χ2v) is 6.12. The van der Waals surface area contributed by atoms with E-state index in [1.54, 1.807) is 17.0 Å². The van der Waals surface area contributed by atoms with Crippen molar-refractivity contribution >= 4 is 11.9 Å². The van der Waals surface area contributed by atoms with Crippen molar-refractivity contribution in [1.82, 2.24) is 9.88 Å². The van der Waals surface area contributed by atoms with Crippen LogP contribution in [0.3, 0.4) is 0 Å². The van der Waals surface area contributed by atoms with Gasteiger partial charge < -0.3 is 10.0 Å². The number of hydrogen-bond acceptors (Lipinski definition) is 3. The summed E-state index contributed by atoms with van der Waals surface area (Å²) in [5.41, 5.74) is 0.175. The minimum atomic E-state index is -1.12. The molecule has 108 valence electrons. The Morgan fingerprint density at radius 2 is 2.00 bits per heavy atom. The molecule has 1 amide bonds. The van der Waals surface area contributed by atoms with Gasteiger partial charge in [-0.1, -0.05) is 26.8 Å².